The fraction of sp³-hybridized carbons (Fsp3) is 0.794. The van der Waals surface area contributed by atoms with Crippen molar-refractivity contribution in [2.24, 2.45) is 22.7 Å². The molecule has 0 aromatic heterocycles. The van der Waals surface area contributed by atoms with Crippen LogP contribution in [-0.4, -0.2) is 34.5 Å². The molecule has 0 radical (unpaired) electrons. The summed E-state index contributed by atoms with van der Waals surface area (Å²) in [6, 6.07) is 5.47. The van der Waals surface area contributed by atoms with E-state index in [1.165, 1.54) is 88.0 Å². The molecule has 0 amide bonds. The number of fused-ring (bicyclic) bond motifs is 6. The van der Waals surface area contributed by atoms with Gasteiger partial charge in [0, 0.05) is 18.4 Å². The summed E-state index contributed by atoms with van der Waals surface area (Å²) in [7, 11) is 0. The Bertz CT molecular complexity index is 1050. The summed E-state index contributed by atoms with van der Waals surface area (Å²) in [4.78, 5) is 12.7. The first kappa shape index (κ1) is 33.6. The minimum Gasteiger partial charge on any atom is -0.508 e. The van der Waals surface area contributed by atoms with Crippen LogP contribution >= 0.6 is 11.8 Å². The molecule has 4 unspecified atom stereocenters. The van der Waals surface area contributed by atoms with Crippen LogP contribution in [0.4, 0.5) is 22.0 Å². The van der Waals surface area contributed by atoms with E-state index in [1.54, 1.807) is 12.1 Å². The molecule has 5 rings (SSSR count). The summed E-state index contributed by atoms with van der Waals surface area (Å²) in [5, 5.41) is 9.72. The molecule has 2 nitrogen and oxygen atoms in total. The number of rotatable bonds is 12. The van der Waals surface area contributed by atoms with E-state index in [4.69, 9.17) is 0 Å². The van der Waals surface area contributed by atoms with Crippen LogP contribution < -0.4 is 0 Å². The van der Waals surface area contributed by atoms with Crippen molar-refractivity contribution in [3.8, 4) is 5.75 Å². The lowest BCUT2D eigenvalue weighted by atomic mass is 9.53. The molecule has 42 heavy (non-hydrogen) atoms. The van der Waals surface area contributed by atoms with E-state index in [-0.39, 0.29) is 18.0 Å². The van der Waals surface area contributed by atoms with Crippen molar-refractivity contribution in [3.63, 3.8) is 0 Å². The summed E-state index contributed by atoms with van der Waals surface area (Å²) in [5.41, 5.74) is 3.14. The number of carbonyl (C=O) groups is 1. The number of ketones is 1. The maximum atomic E-state index is 12.7. The van der Waals surface area contributed by atoms with Gasteiger partial charge in [0.1, 0.15) is 5.75 Å². The minimum absolute atomic E-state index is 0.0896. The highest BCUT2D eigenvalue weighted by Crippen LogP contribution is 2.75. The van der Waals surface area contributed by atoms with E-state index in [2.05, 4.69) is 13.8 Å². The molecule has 1 aromatic carbocycles. The fourth-order valence-electron chi connectivity index (χ4n) is 8.39. The van der Waals surface area contributed by atoms with Gasteiger partial charge in [-0.3, -0.25) is 4.79 Å². The van der Waals surface area contributed by atoms with Gasteiger partial charge in [0.05, 0.1) is 0 Å². The monoisotopic (exact) mass is 616 g/mol. The predicted octanol–water partition coefficient (Wildman–Crippen LogP) is 11.1. The van der Waals surface area contributed by atoms with Crippen LogP contribution in [0.2, 0.25) is 0 Å². The standard InChI is InChI=1S/C20H24O2.C14H25F5S/c1-19-6-4-14-13-3-2-12(21)10-16(13)18(22)11-15(14)17(19)5-7-20(19)8-9-20;1-2-3-4-5-6-7-8-11-20-12-9-10-13(15,16)14(17,18)19/h2-3,10,14-15,17,21H,4-9,11H2,1H3;2-12H2,1H3. The summed E-state index contributed by atoms with van der Waals surface area (Å²) in [6.07, 6.45) is 10.6. The molecular formula is C34H49F5O2S. The van der Waals surface area contributed by atoms with Crippen molar-refractivity contribution < 1.29 is 31.9 Å². The quantitative estimate of drug-likeness (QED) is 0.187. The lowest BCUT2D eigenvalue weighted by Gasteiger charge is -2.51. The molecule has 0 bridgehead atoms. The number of Topliss-reactive ketones (excluding diaryl/α,β-unsaturated/α-hetero) is 1. The number of phenolic OH excluding ortho intramolecular Hbond substituents is 1. The second-order valence-electron chi connectivity index (χ2n) is 13.6. The Morgan fingerprint density at radius 2 is 1.57 bits per heavy atom. The third kappa shape index (κ3) is 7.31. The molecule has 4 atom stereocenters. The first-order valence-electron chi connectivity index (χ1n) is 16.2. The SMILES string of the molecule is CC12CCC3c4ccc(O)cc4C(=O)CC3C1CCC21CC1.CCCCCCCCCSCCCC(F)(F)C(F)(F)F. The van der Waals surface area contributed by atoms with Gasteiger partial charge in [0.15, 0.2) is 5.78 Å². The molecule has 4 aliphatic carbocycles. The van der Waals surface area contributed by atoms with E-state index in [1.807, 2.05) is 6.07 Å². The lowest BCUT2D eigenvalue weighted by Crippen LogP contribution is -2.44. The zero-order valence-corrected chi connectivity index (χ0v) is 26.2. The second-order valence-corrected chi connectivity index (χ2v) is 14.8. The lowest BCUT2D eigenvalue weighted by molar-refractivity contribution is -0.284. The number of thioether (sulfide) groups is 1. The summed E-state index contributed by atoms with van der Waals surface area (Å²) in [5.74, 6) is -1.000. The molecule has 0 aliphatic heterocycles. The summed E-state index contributed by atoms with van der Waals surface area (Å²) < 4.78 is 60.8. The van der Waals surface area contributed by atoms with Crippen LogP contribution in [0.25, 0.3) is 0 Å². The Hall–Kier alpha value is -1.31. The molecule has 1 spiro atoms. The van der Waals surface area contributed by atoms with Crippen LogP contribution in [-0.2, 0) is 0 Å². The molecule has 0 saturated heterocycles. The molecule has 8 heteroatoms. The zero-order valence-electron chi connectivity index (χ0n) is 25.3. The third-order valence-electron chi connectivity index (χ3n) is 11.1. The average molecular weight is 617 g/mol. The molecule has 238 valence electrons. The van der Waals surface area contributed by atoms with Crippen molar-refractivity contribution in [1.82, 2.24) is 0 Å². The van der Waals surface area contributed by atoms with Crippen LogP contribution in [0, 0.1) is 22.7 Å². The maximum Gasteiger partial charge on any atom is 0.453 e. The van der Waals surface area contributed by atoms with Crippen LogP contribution in [0.5, 0.6) is 5.75 Å². The largest absolute Gasteiger partial charge is 0.508 e. The van der Waals surface area contributed by atoms with E-state index < -0.39 is 18.5 Å². The Morgan fingerprint density at radius 3 is 2.24 bits per heavy atom. The van der Waals surface area contributed by atoms with Crippen molar-refractivity contribution in [1.29, 1.82) is 0 Å². The van der Waals surface area contributed by atoms with Gasteiger partial charge in [-0.05, 0) is 109 Å². The Morgan fingerprint density at radius 1 is 0.905 bits per heavy atom. The number of hydrogen-bond acceptors (Lipinski definition) is 3. The van der Waals surface area contributed by atoms with Gasteiger partial charge in [0.25, 0.3) is 0 Å². The number of aromatic hydroxyl groups is 1. The summed E-state index contributed by atoms with van der Waals surface area (Å²) >= 11 is 1.47. The number of unbranched alkanes of at least 4 members (excludes halogenated alkanes) is 6. The van der Waals surface area contributed by atoms with E-state index >= 15 is 0 Å². The van der Waals surface area contributed by atoms with E-state index in [9.17, 15) is 31.9 Å². The topological polar surface area (TPSA) is 37.3 Å². The van der Waals surface area contributed by atoms with Crippen LogP contribution in [0.15, 0.2) is 18.2 Å². The van der Waals surface area contributed by atoms with Crippen molar-refractivity contribution in [2.45, 2.75) is 135 Å². The average Bonchev–Trinajstić information content (AvgIpc) is 3.67. The Balaban J connectivity index is 0.000000195. The Labute approximate surface area is 253 Å². The molecule has 3 saturated carbocycles. The molecule has 3 fully saturated rings. The number of alkyl halides is 5. The number of phenols is 1. The van der Waals surface area contributed by atoms with Gasteiger partial charge in [-0.1, -0.05) is 58.4 Å². The van der Waals surface area contributed by atoms with Crippen LogP contribution in [0.3, 0.4) is 0 Å². The minimum atomic E-state index is -5.41. The van der Waals surface area contributed by atoms with Crippen molar-refractivity contribution in [3.05, 3.63) is 29.3 Å². The van der Waals surface area contributed by atoms with Crippen LogP contribution in [0.1, 0.15) is 138 Å². The molecule has 1 N–H and O–H groups in total. The smallest absolute Gasteiger partial charge is 0.453 e. The van der Waals surface area contributed by atoms with Gasteiger partial charge >= 0.3 is 12.1 Å². The predicted molar refractivity (Wildman–Crippen MR) is 161 cm³/mol. The molecular weight excluding hydrogens is 567 g/mol. The van der Waals surface area contributed by atoms with Gasteiger partial charge < -0.3 is 5.11 Å². The number of benzene rings is 1. The molecule has 4 aliphatic rings. The molecule has 0 heterocycles. The second kappa shape index (κ2) is 13.8. The number of halogens is 5. The van der Waals surface area contributed by atoms with E-state index in [0.29, 0.717) is 34.8 Å². The number of carbonyl (C=O) groups excluding carboxylic acids is 1. The van der Waals surface area contributed by atoms with Gasteiger partial charge in [-0.15, -0.1) is 0 Å². The first-order chi connectivity index (χ1) is 19.9. The summed E-state index contributed by atoms with van der Waals surface area (Å²) in [6.45, 7) is 4.70. The zero-order chi connectivity index (χ0) is 30.6. The number of hydrogen-bond donors (Lipinski definition) is 1. The fourth-order valence-corrected chi connectivity index (χ4v) is 9.35. The Kier molecular flexibility index (Phi) is 11.0. The van der Waals surface area contributed by atoms with Crippen molar-refractivity contribution in [2.75, 3.05) is 11.5 Å². The van der Waals surface area contributed by atoms with Crippen molar-refractivity contribution >= 4 is 17.5 Å². The first-order valence-corrected chi connectivity index (χ1v) is 17.4. The highest BCUT2D eigenvalue weighted by molar-refractivity contribution is 7.99. The van der Waals surface area contributed by atoms with Gasteiger partial charge in [0.2, 0.25) is 0 Å². The van der Waals surface area contributed by atoms with E-state index in [0.717, 1.165) is 30.1 Å². The van der Waals surface area contributed by atoms with Gasteiger partial charge in [-0.2, -0.15) is 33.7 Å². The highest BCUT2D eigenvalue weighted by Gasteiger charge is 2.66. The third-order valence-corrected chi connectivity index (χ3v) is 12.2. The maximum absolute atomic E-state index is 12.7. The van der Waals surface area contributed by atoms with Gasteiger partial charge in [-0.25, -0.2) is 0 Å². The normalized spacial score (nSPS) is 27.6. The molecule has 1 aromatic rings. The highest BCUT2D eigenvalue weighted by atomic mass is 32.2.